The van der Waals surface area contributed by atoms with Crippen LogP contribution in [0.25, 0.3) is 0 Å². The zero-order valence-corrected chi connectivity index (χ0v) is 17.6. The van der Waals surface area contributed by atoms with Crippen LogP contribution in [0.15, 0.2) is 30.3 Å². The van der Waals surface area contributed by atoms with E-state index in [1.165, 1.54) is 0 Å². The van der Waals surface area contributed by atoms with E-state index in [9.17, 15) is 9.90 Å². The lowest BCUT2D eigenvalue weighted by Gasteiger charge is -2.50. The van der Waals surface area contributed by atoms with E-state index in [2.05, 4.69) is 10.00 Å². The number of benzene rings is 1. The molecular weight excluding hydrogens is 392 g/mol. The fraction of sp³-hybridized carbons (Fsp3) is 0.524. The first-order chi connectivity index (χ1) is 13.9. The Bertz CT molecular complexity index is 882. The molecule has 2 fully saturated rings. The van der Waals surface area contributed by atoms with Gasteiger partial charge in [-0.25, -0.2) is 0 Å². The van der Waals surface area contributed by atoms with Crippen molar-refractivity contribution in [2.75, 3.05) is 39.4 Å². The van der Waals surface area contributed by atoms with Crippen LogP contribution in [0.1, 0.15) is 28.2 Å². The van der Waals surface area contributed by atoms with Gasteiger partial charge in [0.15, 0.2) is 0 Å². The summed E-state index contributed by atoms with van der Waals surface area (Å²) in [6, 6.07) is 9.54. The number of aliphatic hydroxyl groups is 1. The van der Waals surface area contributed by atoms with Crippen LogP contribution in [-0.2, 0) is 17.4 Å². The minimum atomic E-state index is -1.03. The van der Waals surface area contributed by atoms with Crippen LogP contribution in [0.2, 0.25) is 5.02 Å². The van der Waals surface area contributed by atoms with E-state index in [0.717, 1.165) is 18.7 Å². The number of ether oxygens (including phenoxy) is 1. The lowest BCUT2D eigenvalue weighted by molar-refractivity contribution is -0.112. The number of amides is 1. The van der Waals surface area contributed by atoms with E-state index >= 15 is 0 Å². The molecule has 8 heteroatoms. The maximum atomic E-state index is 13.3. The summed E-state index contributed by atoms with van der Waals surface area (Å²) >= 11 is 6.36. The molecule has 0 aliphatic carbocycles. The summed E-state index contributed by atoms with van der Waals surface area (Å²) in [5, 5.41) is 16.4. The highest BCUT2D eigenvalue weighted by molar-refractivity contribution is 6.34. The molecule has 2 saturated heterocycles. The summed E-state index contributed by atoms with van der Waals surface area (Å²) < 4.78 is 7.05. The van der Waals surface area contributed by atoms with E-state index in [1.807, 2.05) is 30.3 Å². The normalized spacial score (nSPS) is 25.9. The highest BCUT2D eigenvalue weighted by Crippen LogP contribution is 2.37. The van der Waals surface area contributed by atoms with Gasteiger partial charge in [0, 0.05) is 33.2 Å². The molecule has 2 aliphatic heterocycles. The fourth-order valence-corrected chi connectivity index (χ4v) is 4.73. The third-order valence-corrected chi connectivity index (χ3v) is 6.56. The van der Waals surface area contributed by atoms with Gasteiger partial charge in [-0.1, -0.05) is 41.9 Å². The van der Waals surface area contributed by atoms with Crippen molar-refractivity contribution in [1.29, 1.82) is 0 Å². The van der Waals surface area contributed by atoms with Crippen LogP contribution in [0.5, 0.6) is 0 Å². The van der Waals surface area contributed by atoms with E-state index in [4.69, 9.17) is 16.3 Å². The minimum absolute atomic E-state index is 0.147. The number of aromatic nitrogens is 2. The smallest absolute Gasteiger partial charge is 0.273 e. The molecule has 29 heavy (non-hydrogen) atoms. The van der Waals surface area contributed by atoms with Gasteiger partial charge in [0.05, 0.1) is 30.0 Å². The molecule has 156 valence electrons. The van der Waals surface area contributed by atoms with Crippen LogP contribution in [0, 0.1) is 6.92 Å². The van der Waals surface area contributed by atoms with Crippen molar-refractivity contribution in [3.8, 4) is 0 Å². The van der Waals surface area contributed by atoms with Crippen molar-refractivity contribution >= 4 is 17.5 Å². The number of hydrogen-bond donors (Lipinski definition) is 1. The summed E-state index contributed by atoms with van der Waals surface area (Å²) in [5.74, 6) is -0.147. The highest BCUT2D eigenvalue weighted by atomic mass is 35.5. The van der Waals surface area contributed by atoms with Gasteiger partial charge < -0.3 is 14.7 Å². The highest BCUT2D eigenvalue weighted by Gasteiger charge is 2.47. The van der Waals surface area contributed by atoms with Crippen molar-refractivity contribution in [1.82, 2.24) is 19.6 Å². The molecule has 0 unspecified atom stereocenters. The molecule has 0 radical (unpaired) electrons. The molecule has 2 aliphatic rings. The number of aryl methyl sites for hydroxylation is 2. The Kier molecular flexibility index (Phi) is 5.66. The van der Waals surface area contributed by atoms with E-state index in [0.29, 0.717) is 49.1 Å². The molecule has 1 amide bonds. The van der Waals surface area contributed by atoms with E-state index in [-0.39, 0.29) is 11.9 Å². The van der Waals surface area contributed by atoms with Gasteiger partial charge in [-0.2, -0.15) is 5.10 Å². The Morgan fingerprint density at radius 2 is 1.93 bits per heavy atom. The van der Waals surface area contributed by atoms with Gasteiger partial charge >= 0.3 is 0 Å². The summed E-state index contributed by atoms with van der Waals surface area (Å²) in [5.41, 5.74) is 0.898. The molecule has 1 N–H and O–H groups in total. The van der Waals surface area contributed by atoms with Crippen LogP contribution in [0.3, 0.4) is 0 Å². The lowest BCUT2D eigenvalue weighted by atomic mass is 9.79. The molecule has 2 aromatic rings. The largest absolute Gasteiger partial charge is 0.383 e. The SMILES string of the molecule is Cc1nn(C)c(C(=O)N2CC[C@](O)(c3ccccc3)[C@H](N3CCOCC3)C2)c1Cl. The molecule has 0 spiro atoms. The second kappa shape index (κ2) is 8.07. The minimum Gasteiger partial charge on any atom is -0.383 e. The Labute approximate surface area is 175 Å². The number of nitrogens with zero attached hydrogens (tertiary/aromatic N) is 4. The topological polar surface area (TPSA) is 70.8 Å². The van der Waals surface area contributed by atoms with Gasteiger partial charge in [0.2, 0.25) is 0 Å². The maximum absolute atomic E-state index is 13.3. The van der Waals surface area contributed by atoms with Crippen molar-refractivity contribution in [2.24, 2.45) is 7.05 Å². The molecule has 0 saturated carbocycles. The van der Waals surface area contributed by atoms with Crippen LogP contribution in [-0.4, -0.2) is 76.0 Å². The summed E-state index contributed by atoms with van der Waals surface area (Å²) in [4.78, 5) is 17.3. The quantitative estimate of drug-likeness (QED) is 0.823. The van der Waals surface area contributed by atoms with Gasteiger partial charge in [-0.3, -0.25) is 14.4 Å². The summed E-state index contributed by atoms with van der Waals surface area (Å²) in [6.45, 7) is 5.38. The number of piperidine rings is 1. The van der Waals surface area contributed by atoms with E-state index < -0.39 is 5.60 Å². The van der Waals surface area contributed by atoms with E-state index in [1.54, 1.807) is 23.6 Å². The van der Waals surface area contributed by atoms with Crippen molar-refractivity contribution in [3.63, 3.8) is 0 Å². The zero-order chi connectivity index (χ0) is 20.6. The molecular formula is C21H27ClN4O3. The molecule has 7 nitrogen and oxygen atoms in total. The third kappa shape index (κ3) is 3.68. The summed E-state index contributed by atoms with van der Waals surface area (Å²) in [6.07, 6.45) is 0.458. The number of carbonyl (C=O) groups excluding carboxylic acids is 1. The second-order valence-corrected chi connectivity index (χ2v) is 8.21. The van der Waals surface area contributed by atoms with Gasteiger partial charge in [0.1, 0.15) is 11.3 Å². The fourth-order valence-electron chi connectivity index (χ4n) is 4.49. The van der Waals surface area contributed by atoms with Crippen molar-refractivity contribution in [2.45, 2.75) is 25.0 Å². The summed E-state index contributed by atoms with van der Waals surface area (Å²) in [7, 11) is 1.73. The average Bonchev–Trinajstić information content (AvgIpc) is 3.00. The number of carbonyl (C=O) groups is 1. The molecule has 0 bridgehead atoms. The van der Waals surface area contributed by atoms with Crippen molar-refractivity contribution in [3.05, 3.63) is 52.3 Å². The van der Waals surface area contributed by atoms with Crippen LogP contribution >= 0.6 is 11.6 Å². The maximum Gasteiger partial charge on any atom is 0.273 e. The molecule has 1 aromatic carbocycles. The van der Waals surface area contributed by atoms with Gasteiger partial charge in [-0.05, 0) is 18.9 Å². The number of likely N-dealkylation sites (tertiary alicyclic amines) is 1. The molecule has 1 aromatic heterocycles. The predicted octanol–water partition coefficient (Wildman–Crippen LogP) is 1.82. The average molecular weight is 419 g/mol. The predicted molar refractivity (Wildman–Crippen MR) is 110 cm³/mol. The zero-order valence-electron chi connectivity index (χ0n) is 16.8. The lowest BCUT2D eigenvalue weighted by Crippen LogP contribution is -2.63. The Morgan fingerprint density at radius 3 is 2.55 bits per heavy atom. The number of rotatable bonds is 3. The van der Waals surface area contributed by atoms with Crippen LogP contribution < -0.4 is 0 Å². The second-order valence-electron chi connectivity index (χ2n) is 7.83. The molecule has 3 heterocycles. The first kappa shape index (κ1) is 20.3. The first-order valence-electron chi connectivity index (χ1n) is 10.00. The number of morpholine rings is 1. The Morgan fingerprint density at radius 1 is 1.24 bits per heavy atom. The Balaban J connectivity index is 1.65. The van der Waals surface area contributed by atoms with Gasteiger partial charge in [0.25, 0.3) is 5.91 Å². The molecule has 2 atom stereocenters. The van der Waals surface area contributed by atoms with Crippen molar-refractivity contribution < 1.29 is 14.6 Å². The van der Waals surface area contributed by atoms with Gasteiger partial charge in [-0.15, -0.1) is 0 Å². The van der Waals surface area contributed by atoms with Crippen LogP contribution in [0.4, 0.5) is 0 Å². The number of halogens is 1. The molecule has 4 rings (SSSR count). The number of hydrogen-bond acceptors (Lipinski definition) is 5. The standard InChI is InChI=1S/C21H27ClN4O3/c1-15-18(22)19(24(2)23-15)20(27)26-9-8-21(28,16-6-4-3-5-7-16)17(14-26)25-10-12-29-13-11-25/h3-7,17,28H,8-14H2,1-2H3/t17-,21+/m1/s1. The first-order valence-corrected chi connectivity index (χ1v) is 10.4. The monoisotopic (exact) mass is 418 g/mol. The third-order valence-electron chi connectivity index (χ3n) is 6.11. The Hall–Kier alpha value is -1.93.